The summed E-state index contributed by atoms with van der Waals surface area (Å²) in [6.07, 6.45) is 0. The standard InChI is InChI=1S/C11H18FN3O2S/c1-7(2)10(13)6-15-11-4-3-8(5-9(11)12)18(14,16)17/h3-5,7,10,15H,6,13H2,1-2H3,(H2,14,16,17). The molecule has 0 aromatic heterocycles. The van der Waals surface area contributed by atoms with E-state index in [-0.39, 0.29) is 22.5 Å². The fourth-order valence-corrected chi connectivity index (χ4v) is 1.81. The van der Waals surface area contributed by atoms with E-state index in [0.717, 1.165) is 6.07 Å². The van der Waals surface area contributed by atoms with Crippen LogP contribution in [0.25, 0.3) is 0 Å². The van der Waals surface area contributed by atoms with Gasteiger partial charge < -0.3 is 11.1 Å². The van der Waals surface area contributed by atoms with Crippen molar-refractivity contribution < 1.29 is 12.8 Å². The lowest BCUT2D eigenvalue weighted by atomic mass is 10.1. The van der Waals surface area contributed by atoms with Gasteiger partial charge in [-0.3, -0.25) is 0 Å². The molecule has 0 saturated heterocycles. The Morgan fingerprint density at radius 2 is 2.00 bits per heavy atom. The van der Waals surface area contributed by atoms with Crippen molar-refractivity contribution >= 4 is 15.7 Å². The van der Waals surface area contributed by atoms with Gasteiger partial charge in [0.15, 0.2) is 0 Å². The van der Waals surface area contributed by atoms with Gasteiger partial charge in [0.2, 0.25) is 10.0 Å². The molecule has 0 heterocycles. The van der Waals surface area contributed by atoms with E-state index >= 15 is 0 Å². The Morgan fingerprint density at radius 3 is 2.44 bits per heavy atom. The molecule has 0 bridgehead atoms. The van der Waals surface area contributed by atoms with Crippen LogP contribution in [0.4, 0.5) is 10.1 Å². The first-order valence-electron chi connectivity index (χ1n) is 5.53. The van der Waals surface area contributed by atoms with Crippen LogP contribution < -0.4 is 16.2 Å². The van der Waals surface area contributed by atoms with Gasteiger partial charge in [0.25, 0.3) is 0 Å². The summed E-state index contributed by atoms with van der Waals surface area (Å²) < 4.78 is 35.7. The molecule has 1 rings (SSSR count). The monoisotopic (exact) mass is 275 g/mol. The molecule has 1 aromatic carbocycles. The number of hydrogen-bond donors (Lipinski definition) is 3. The molecule has 5 N–H and O–H groups in total. The van der Waals surface area contributed by atoms with Crippen molar-refractivity contribution in [3.05, 3.63) is 24.0 Å². The fraction of sp³-hybridized carbons (Fsp3) is 0.455. The van der Waals surface area contributed by atoms with Crippen molar-refractivity contribution in [1.29, 1.82) is 0 Å². The van der Waals surface area contributed by atoms with Gasteiger partial charge in [-0.05, 0) is 24.1 Å². The van der Waals surface area contributed by atoms with Crippen molar-refractivity contribution in [3.63, 3.8) is 0 Å². The molecule has 0 spiro atoms. The minimum Gasteiger partial charge on any atom is -0.381 e. The molecular weight excluding hydrogens is 257 g/mol. The molecule has 0 aliphatic heterocycles. The summed E-state index contributed by atoms with van der Waals surface area (Å²) in [7, 11) is -3.88. The SMILES string of the molecule is CC(C)C(N)CNc1ccc(S(N)(=O)=O)cc1F. The summed E-state index contributed by atoms with van der Waals surface area (Å²) in [5, 5.41) is 7.74. The summed E-state index contributed by atoms with van der Waals surface area (Å²) in [6.45, 7) is 4.34. The summed E-state index contributed by atoms with van der Waals surface area (Å²) in [4.78, 5) is -0.251. The van der Waals surface area contributed by atoms with E-state index in [1.54, 1.807) is 0 Å². The zero-order valence-corrected chi connectivity index (χ0v) is 11.2. The van der Waals surface area contributed by atoms with Crippen LogP contribution in [-0.4, -0.2) is 21.0 Å². The number of primary sulfonamides is 1. The lowest BCUT2D eigenvalue weighted by Crippen LogP contribution is -2.34. The smallest absolute Gasteiger partial charge is 0.238 e. The second-order valence-corrected chi connectivity index (χ2v) is 6.04. The molecule has 0 aliphatic rings. The van der Waals surface area contributed by atoms with Gasteiger partial charge >= 0.3 is 0 Å². The topological polar surface area (TPSA) is 98.2 Å². The van der Waals surface area contributed by atoms with Gasteiger partial charge in [-0.2, -0.15) is 0 Å². The van der Waals surface area contributed by atoms with Crippen LogP contribution >= 0.6 is 0 Å². The van der Waals surface area contributed by atoms with Gasteiger partial charge in [0.05, 0.1) is 10.6 Å². The molecule has 7 heteroatoms. The maximum absolute atomic E-state index is 13.6. The average Bonchev–Trinajstić information content (AvgIpc) is 2.25. The van der Waals surface area contributed by atoms with Crippen LogP contribution in [0, 0.1) is 11.7 Å². The van der Waals surface area contributed by atoms with E-state index in [2.05, 4.69) is 5.32 Å². The van der Waals surface area contributed by atoms with E-state index in [4.69, 9.17) is 10.9 Å². The van der Waals surface area contributed by atoms with E-state index in [1.165, 1.54) is 12.1 Å². The molecule has 0 fully saturated rings. The maximum Gasteiger partial charge on any atom is 0.238 e. The van der Waals surface area contributed by atoms with E-state index in [0.29, 0.717) is 6.54 Å². The average molecular weight is 275 g/mol. The number of anilines is 1. The molecule has 102 valence electrons. The maximum atomic E-state index is 13.6. The molecule has 0 saturated carbocycles. The minimum atomic E-state index is -3.88. The largest absolute Gasteiger partial charge is 0.381 e. The van der Waals surface area contributed by atoms with Crippen molar-refractivity contribution in [2.75, 3.05) is 11.9 Å². The Kier molecular flexibility index (Phi) is 4.66. The highest BCUT2D eigenvalue weighted by atomic mass is 32.2. The van der Waals surface area contributed by atoms with Crippen LogP contribution in [0.1, 0.15) is 13.8 Å². The number of benzene rings is 1. The minimum absolute atomic E-state index is 0.109. The molecule has 1 unspecified atom stereocenters. The van der Waals surface area contributed by atoms with Crippen molar-refractivity contribution in [1.82, 2.24) is 0 Å². The fourth-order valence-electron chi connectivity index (χ4n) is 1.28. The lowest BCUT2D eigenvalue weighted by molar-refractivity contribution is 0.510. The predicted molar refractivity (Wildman–Crippen MR) is 69.1 cm³/mol. The first kappa shape index (κ1) is 14.9. The zero-order chi connectivity index (χ0) is 13.9. The van der Waals surface area contributed by atoms with Crippen molar-refractivity contribution in [3.8, 4) is 0 Å². The van der Waals surface area contributed by atoms with E-state index in [1.807, 2.05) is 13.8 Å². The van der Waals surface area contributed by atoms with Crippen LogP contribution in [-0.2, 0) is 10.0 Å². The van der Waals surface area contributed by atoms with Gasteiger partial charge in [0.1, 0.15) is 5.82 Å². The Balaban J connectivity index is 2.81. The number of halogens is 1. The number of rotatable bonds is 5. The van der Waals surface area contributed by atoms with Crippen molar-refractivity contribution in [2.45, 2.75) is 24.8 Å². The summed E-state index contributed by atoms with van der Waals surface area (Å²) >= 11 is 0. The predicted octanol–water partition coefficient (Wildman–Crippen LogP) is 0.868. The molecule has 18 heavy (non-hydrogen) atoms. The third-order valence-corrected chi connectivity index (χ3v) is 3.56. The highest BCUT2D eigenvalue weighted by Gasteiger charge is 2.13. The summed E-state index contributed by atoms with van der Waals surface area (Å²) in [5.41, 5.74) is 6.02. The van der Waals surface area contributed by atoms with Crippen LogP contribution in [0.5, 0.6) is 0 Å². The zero-order valence-electron chi connectivity index (χ0n) is 10.4. The highest BCUT2D eigenvalue weighted by molar-refractivity contribution is 7.89. The Morgan fingerprint density at radius 1 is 1.39 bits per heavy atom. The van der Waals surface area contributed by atoms with Crippen LogP contribution in [0.2, 0.25) is 0 Å². The molecule has 0 aliphatic carbocycles. The molecular formula is C11H18FN3O2S. The third-order valence-electron chi connectivity index (χ3n) is 2.65. The number of nitrogens with one attached hydrogen (secondary N) is 1. The third kappa shape index (κ3) is 3.94. The second kappa shape index (κ2) is 5.64. The second-order valence-electron chi connectivity index (χ2n) is 4.48. The first-order valence-corrected chi connectivity index (χ1v) is 7.08. The number of sulfonamides is 1. The van der Waals surface area contributed by atoms with Crippen LogP contribution in [0.3, 0.4) is 0 Å². The number of nitrogens with two attached hydrogens (primary N) is 2. The Labute approximate surface area is 106 Å². The van der Waals surface area contributed by atoms with Gasteiger partial charge in [-0.25, -0.2) is 17.9 Å². The van der Waals surface area contributed by atoms with Crippen molar-refractivity contribution in [2.24, 2.45) is 16.8 Å². The molecule has 1 atom stereocenters. The molecule has 1 aromatic rings. The quantitative estimate of drug-likeness (QED) is 0.742. The first-order chi connectivity index (χ1) is 8.21. The normalized spacial score (nSPS) is 13.7. The highest BCUT2D eigenvalue weighted by Crippen LogP contribution is 2.18. The molecule has 0 amide bonds. The molecule has 5 nitrogen and oxygen atoms in total. The summed E-state index contributed by atoms with van der Waals surface area (Å²) in [5.74, 6) is -0.401. The van der Waals surface area contributed by atoms with Gasteiger partial charge in [-0.15, -0.1) is 0 Å². The van der Waals surface area contributed by atoms with E-state index in [9.17, 15) is 12.8 Å². The Bertz CT molecular complexity index is 517. The molecule has 0 radical (unpaired) electrons. The Hall–Kier alpha value is -1.18. The summed E-state index contributed by atoms with van der Waals surface area (Å²) in [6, 6.07) is 3.37. The van der Waals surface area contributed by atoms with E-state index < -0.39 is 15.8 Å². The number of hydrogen-bond acceptors (Lipinski definition) is 4. The van der Waals surface area contributed by atoms with Crippen LogP contribution in [0.15, 0.2) is 23.1 Å². The lowest BCUT2D eigenvalue weighted by Gasteiger charge is -2.17. The van der Waals surface area contributed by atoms with Gasteiger partial charge in [-0.1, -0.05) is 13.8 Å². The van der Waals surface area contributed by atoms with Gasteiger partial charge in [0, 0.05) is 12.6 Å².